The van der Waals surface area contributed by atoms with Gasteiger partial charge in [-0.25, -0.2) is 5.01 Å². The molecule has 0 aromatic heterocycles. The van der Waals surface area contributed by atoms with Gasteiger partial charge in [0.2, 0.25) is 0 Å². The molecule has 2 aliphatic rings. The number of hydrazone groups is 1. The first kappa shape index (κ1) is 16.1. The molecule has 5 heteroatoms. The maximum absolute atomic E-state index is 12.6. The van der Waals surface area contributed by atoms with Gasteiger partial charge in [-0.05, 0) is 26.0 Å². The second kappa shape index (κ2) is 5.87. The van der Waals surface area contributed by atoms with Crippen LogP contribution in [0.4, 0.5) is 0 Å². The molecule has 0 radical (unpaired) electrons. The number of amides is 1. The Morgan fingerprint density at radius 2 is 1.95 bits per heavy atom. The fraction of sp³-hybridized carbons (Fsp3) is 0.625. The number of carbonyl (C=O) groups excluding carboxylic acids is 1. The number of hydrogen-bond acceptors (Lipinski definition) is 4. The fourth-order valence-electron chi connectivity index (χ4n) is 2.32. The van der Waals surface area contributed by atoms with Crippen molar-refractivity contribution in [3.05, 3.63) is 22.8 Å². The summed E-state index contributed by atoms with van der Waals surface area (Å²) in [4.78, 5) is 14.8. The zero-order valence-corrected chi connectivity index (χ0v) is 14.6. The van der Waals surface area contributed by atoms with Crippen molar-refractivity contribution in [3.8, 4) is 0 Å². The summed E-state index contributed by atoms with van der Waals surface area (Å²) in [5, 5.41) is 7.38. The molecular weight excluding hydrogens is 282 g/mol. The van der Waals surface area contributed by atoms with Crippen LogP contribution in [0.2, 0.25) is 0 Å². The van der Waals surface area contributed by atoms with Crippen LogP contribution in [0, 0.1) is 5.41 Å². The van der Waals surface area contributed by atoms with E-state index in [0.717, 1.165) is 23.6 Å². The van der Waals surface area contributed by atoms with E-state index in [1.165, 1.54) is 5.03 Å². The number of allylic oxidation sites excluding steroid dienone is 2. The van der Waals surface area contributed by atoms with E-state index in [2.05, 4.69) is 43.9 Å². The van der Waals surface area contributed by atoms with Crippen molar-refractivity contribution in [2.24, 2.45) is 10.5 Å². The summed E-state index contributed by atoms with van der Waals surface area (Å²) >= 11 is 1.83. The normalized spacial score (nSPS) is 24.0. The molecule has 4 nitrogen and oxygen atoms in total. The zero-order valence-electron chi connectivity index (χ0n) is 13.8. The van der Waals surface area contributed by atoms with Gasteiger partial charge in [-0.2, -0.15) is 5.10 Å². The van der Waals surface area contributed by atoms with Crippen molar-refractivity contribution in [2.45, 2.75) is 40.7 Å². The van der Waals surface area contributed by atoms with Gasteiger partial charge in [0, 0.05) is 24.8 Å². The molecule has 2 rings (SSSR count). The zero-order chi connectivity index (χ0) is 15.8. The molecule has 2 aliphatic heterocycles. The molecule has 1 fully saturated rings. The molecule has 116 valence electrons. The van der Waals surface area contributed by atoms with Crippen LogP contribution in [0.15, 0.2) is 27.9 Å². The first-order chi connectivity index (χ1) is 9.71. The molecule has 0 aromatic carbocycles. The van der Waals surface area contributed by atoms with E-state index in [1.807, 2.05) is 31.7 Å². The van der Waals surface area contributed by atoms with E-state index in [4.69, 9.17) is 0 Å². The molecule has 0 aliphatic carbocycles. The third-order valence-electron chi connectivity index (χ3n) is 3.55. The van der Waals surface area contributed by atoms with Crippen LogP contribution >= 0.6 is 11.8 Å². The number of rotatable bonds is 2. The van der Waals surface area contributed by atoms with Crippen LogP contribution in [-0.2, 0) is 4.79 Å². The third kappa shape index (κ3) is 3.34. The van der Waals surface area contributed by atoms with E-state index >= 15 is 0 Å². The quantitative estimate of drug-likeness (QED) is 0.736. The molecule has 1 saturated heterocycles. The Hall–Kier alpha value is -1.23. The molecule has 21 heavy (non-hydrogen) atoms. The van der Waals surface area contributed by atoms with Crippen molar-refractivity contribution in [2.75, 3.05) is 19.3 Å². The average Bonchev–Trinajstić information content (AvgIpc) is 2.90. The largest absolute Gasteiger partial charge is 0.369 e. The van der Waals surface area contributed by atoms with E-state index in [-0.39, 0.29) is 17.4 Å². The van der Waals surface area contributed by atoms with Crippen LogP contribution in [0.3, 0.4) is 0 Å². The minimum Gasteiger partial charge on any atom is -0.369 e. The molecule has 0 atom stereocenters. The van der Waals surface area contributed by atoms with Crippen molar-refractivity contribution < 1.29 is 4.79 Å². The molecule has 0 aromatic rings. The Morgan fingerprint density at radius 3 is 2.43 bits per heavy atom. The van der Waals surface area contributed by atoms with Gasteiger partial charge in [-0.15, -0.1) is 11.8 Å². The maximum atomic E-state index is 12.6. The highest BCUT2D eigenvalue weighted by atomic mass is 32.2. The summed E-state index contributed by atoms with van der Waals surface area (Å²) in [7, 11) is 2.08. The molecule has 2 heterocycles. The first-order valence-electron chi connectivity index (χ1n) is 7.40. The molecule has 0 saturated carbocycles. The lowest BCUT2D eigenvalue weighted by atomic mass is 9.85. The van der Waals surface area contributed by atoms with Gasteiger partial charge < -0.3 is 4.90 Å². The SMILES string of the molecule is CC(C)N1N=C(C(C)(C)C)/C(=C\C=C2\SCCN2C)C1=O. The summed E-state index contributed by atoms with van der Waals surface area (Å²) in [6.07, 6.45) is 3.99. The predicted molar refractivity (Wildman–Crippen MR) is 90.1 cm³/mol. The van der Waals surface area contributed by atoms with Gasteiger partial charge in [0.25, 0.3) is 5.91 Å². The van der Waals surface area contributed by atoms with Crippen molar-refractivity contribution in [1.82, 2.24) is 9.91 Å². The Kier molecular flexibility index (Phi) is 4.51. The van der Waals surface area contributed by atoms with Crippen molar-refractivity contribution in [3.63, 3.8) is 0 Å². The summed E-state index contributed by atoms with van der Waals surface area (Å²) in [6.45, 7) is 11.3. The van der Waals surface area contributed by atoms with Crippen LogP contribution in [0.1, 0.15) is 34.6 Å². The highest BCUT2D eigenvalue weighted by Gasteiger charge is 2.37. The Balaban J connectivity index is 2.36. The molecule has 1 amide bonds. The van der Waals surface area contributed by atoms with Crippen LogP contribution in [-0.4, -0.2) is 46.9 Å². The monoisotopic (exact) mass is 307 g/mol. The van der Waals surface area contributed by atoms with E-state index in [9.17, 15) is 4.79 Å². The van der Waals surface area contributed by atoms with Gasteiger partial charge in [-0.1, -0.05) is 20.8 Å². The summed E-state index contributed by atoms with van der Waals surface area (Å²) < 4.78 is 0. The van der Waals surface area contributed by atoms with Gasteiger partial charge in [0.1, 0.15) is 0 Å². The van der Waals surface area contributed by atoms with Crippen LogP contribution in [0.5, 0.6) is 0 Å². The summed E-state index contributed by atoms with van der Waals surface area (Å²) in [6, 6.07) is 0.0805. The van der Waals surface area contributed by atoms with E-state index in [0.29, 0.717) is 0 Å². The minimum atomic E-state index is -0.141. The summed E-state index contributed by atoms with van der Waals surface area (Å²) in [5.41, 5.74) is 1.46. The van der Waals surface area contributed by atoms with Crippen LogP contribution < -0.4 is 0 Å². The van der Waals surface area contributed by atoms with Crippen molar-refractivity contribution in [1.29, 1.82) is 0 Å². The lowest BCUT2D eigenvalue weighted by molar-refractivity contribution is -0.127. The maximum Gasteiger partial charge on any atom is 0.276 e. The van der Waals surface area contributed by atoms with Gasteiger partial charge in [-0.3, -0.25) is 4.79 Å². The number of thioether (sulfide) groups is 1. The standard InChI is InChI=1S/C16H25N3OS/c1-11(2)19-15(20)12(14(17-19)16(3,4)5)7-8-13-18(6)9-10-21-13/h7-8,11H,9-10H2,1-6H3/b12-7+,13-8+. The summed E-state index contributed by atoms with van der Waals surface area (Å²) in [5.74, 6) is 1.12. The fourth-order valence-corrected chi connectivity index (χ4v) is 3.37. The lowest BCUT2D eigenvalue weighted by Gasteiger charge is -2.18. The second-order valence-corrected chi connectivity index (χ2v) is 7.91. The highest BCUT2D eigenvalue weighted by molar-refractivity contribution is 8.03. The van der Waals surface area contributed by atoms with Crippen molar-refractivity contribution >= 4 is 23.4 Å². The Morgan fingerprint density at radius 1 is 1.29 bits per heavy atom. The molecule has 0 unspecified atom stereocenters. The van der Waals surface area contributed by atoms with E-state index in [1.54, 1.807) is 5.01 Å². The predicted octanol–water partition coefficient (Wildman–Crippen LogP) is 3.09. The van der Waals surface area contributed by atoms with Crippen LogP contribution in [0.25, 0.3) is 0 Å². The Labute approximate surface area is 131 Å². The third-order valence-corrected chi connectivity index (χ3v) is 4.68. The number of nitrogens with zero attached hydrogens (tertiary/aromatic N) is 3. The number of hydrogen-bond donors (Lipinski definition) is 0. The molecule has 0 spiro atoms. The Bertz CT molecular complexity index is 526. The van der Waals surface area contributed by atoms with E-state index < -0.39 is 0 Å². The molecule has 0 bridgehead atoms. The highest BCUT2D eigenvalue weighted by Crippen LogP contribution is 2.31. The van der Waals surface area contributed by atoms with Gasteiger partial charge >= 0.3 is 0 Å². The topological polar surface area (TPSA) is 35.9 Å². The lowest BCUT2D eigenvalue weighted by Crippen LogP contribution is -2.29. The molecule has 0 N–H and O–H groups in total. The first-order valence-corrected chi connectivity index (χ1v) is 8.39. The minimum absolute atomic E-state index is 0.0115. The van der Waals surface area contributed by atoms with Gasteiger partial charge in [0.15, 0.2) is 0 Å². The average molecular weight is 307 g/mol. The smallest absolute Gasteiger partial charge is 0.276 e. The second-order valence-electron chi connectivity index (χ2n) is 6.80. The van der Waals surface area contributed by atoms with Gasteiger partial charge in [0.05, 0.1) is 22.4 Å². The number of carbonyl (C=O) groups is 1. The molecular formula is C16H25N3OS.